The Balaban J connectivity index is 2.03. The lowest BCUT2D eigenvalue weighted by molar-refractivity contribution is -0.137. The Morgan fingerprint density at radius 3 is 2.88 bits per heavy atom. The number of carbonyl (C=O) groups is 1. The van der Waals surface area contributed by atoms with E-state index in [1.807, 2.05) is 0 Å². The summed E-state index contributed by atoms with van der Waals surface area (Å²) in [6.07, 6.45) is 4.48. The van der Waals surface area contributed by atoms with Crippen LogP contribution < -0.4 is 4.72 Å². The molecular formula is C9H13N3O4S. The zero-order valence-corrected chi connectivity index (χ0v) is 9.85. The molecule has 1 heterocycles. The maximum absolute atomic E-state index is 11.8. The maximum atomic E-state index is 11.8. The van der Waals surface area contributed by atoms with Crippen LogP contribution in [-0.4, -0.2) is 35.8 Å². The highest BCUT2D eigenvalue weighted by atomic mass is 32.2. The fraction of sp³-hybridized carbons (Fsp3) is 0.556. The van der Waals surface area contributed by atoms with Gasteiger partial charge >= 0.3 is 5.97 Å². The predicted molar refractivity (Wildman–Crippen MR) is 57.8 cm³/mol. The van der Waals surface area contributed by atoms with Crippen molar-refractivity contribution in [2.45, 2.75) is 24.3 Å². The minimum Gasteiger partial charge on any atom is -0.480 e. The number of aliphatic carboxylic acids is 1. The fourth-order valence-electron chi connectivity index (χ4n) is 1.34. The molecule has 1 saturated carbocycles. The van der Waals surface area contributed by atoms with Gasteiger partial charge in [-0.1, -0.05) is 0 Å². The van der Waals surface area contributed by atoms with Crippen molar-refractivity contribution >= 4 is 16.0 Å². The van der Waals surface area contributed by atoms with E-state index in [1.54, 1.807) is 0 Å². The first-order valence-electron chi connectivity index (χ1n) is 5.21. The van der Waals surface area contributed by atoms with Gasteiger partial charge in [0.05, 0.1) is 6.20 Å². The summed E-state index contributed by atoms with van der Waals surface area (Å²) >= 11 is 0. The number of nitrogens with zero attached hydrogens (tertiary/aromatic N) is 2. The van der Waals surface area contributed by atoms with Crippen molar-refractivity contribution in [3.8, 4) is 0 Å². The molecule has 2 N–H and O–H groups in total. The molecule has 0 saturated heterocycles. The Hall–Kier alpha value is -1.41. The van der Waals surface area contributed by atoms with Gasteiger partial charge in [-0.05, 0) is 18.8 Å². The zero-order chi connectivity index (χ0) is 12.5. The monoisotopic (exact) mass is 259 g/mol. The van der Waals surface area contributed by atoms with E-state index in [0.717, 1.165) is 23.7 Å². The van der Waals surface area contributed by atoms with Crippen LogP contribution in [0.15, 0.2) is 17.3 Å². The molecule has 7 nitrogen and oxygen atoms in total. The van der Waals surface area contributed by atoms with Gasteiger partial charge < -0.3 is 5.11 Å². The quantitative estimate of drug-likeness (QED) is 0.727. The maximum Gasteiger partial charge on any atom is 0.325 e. The van der Waals surface area contributed by atoms with Crippen molar-refractivity contribution in [2.75, 3.05) is 6.54 Å². The summed E-state index contributed by atoms with van der Waals surface area (Å²) in [7, 11) is -3.56. The highest BCUT2D eigenvalue weighted by Crippen LogP contribution is 2.28. The number of carboxylic acid groups (broad SMARTS) is 1. The Bertz CT molecular complexity index is 518. The summed E-state index contributed by atoms with van der Waals surface area (Å²) in [4.78, 5) is 10.4. The normalized spacial score (nSPS) is 16.0. The van der Waals surface area contributed by atoms with Crippen molar-refractivity contribution in [1.29, 1.82) is 0 Å². The number of nitrogens with one attached hydrogen (secondary N) is 1. The average molecular weight is 259 g/mol. The molecule has 2 rings (SSSR count). The highest BCUT2D eigenvalue weighted by Gasteiger charge is 2.25. The van der Waals surface area contributed by atoms with Gasteiger partial charge in [0.1, 0.15) is 11.4 Å². The molecule has 0 amide bonds. The molecule has 1 aliphatic rings. The molecule has 94 valence electrons. The topological polar surface area (TPSA) is 101 Å². The average Bonchev–Trinajstić information content (AvgIpc) is 2.94. The van der Waals surface area contributed by atoms with Crippen LogP contribution >= 0.6 is 0 Å². The fourth-order valence-corrected chi connectivity index (χ4v) is 2.41. The van der Waals surface area contributed by atoms with Gasteiger partial charge in [-0.2, -0.15) is 5.10 Å². The SMILES string of the molecule is O=C(O)Cn1cc(S(=O)(=O)NCC2CC2)cn1. The van der Waals surface area contributed by atoms with E-state index < -0.39 is 16.0 Å². The van der Waals surface area contributed by atoms with Gasteiger partial charge in [-0.15, -0.1) is 0 Å². The van der Waals surface area contributed by atoms with Gasteiger partial charge in [0.25, 0.3) is 0 Å². The van der Waals surface area contributed by atoms with Gasteiger partial charge in [0.2, 0.25) is 10.0 Å². The largest absolute Gasteiger partial charge is 0.480 e. The van der Waals surface area contributed by atoms with Crippen LogP contribution in [0.3, 0.4) is 0 Å². The molecule has 0 spiro atoms. The number of sulfonamides is 1. The smallest absolute Gasteiger partial charge is 0.325 e. The third-order valence-electron chi connectivity index (χ3n) is 2.48. The Morgan fingerprint density at radius 1 is 1.59 bits per heavy atom. The minimum absolute atomic E-state index is 0.000556. The van der Waals surface area contributed by atoms with Crippen LogP contribution in [0.25, 0.3) is 0 Å². The third kappa shape index (κ3) is 3.27. The number of rotatable bonds is 6. The first-order chi connectivity index (χ1) is 7.97. The van der Waals surface area contributed by atoms with Crippen LogP contribution in [0.2, 0.25) is 0 Å². The molecule has 8 heteroatoms. The summed E-state index contributed by atoms with van der Waals surface area (Å²) in [5.41, 5.74) is 0. The van der Waals surface area contributed by atoms with E-state index in [2.05, 4.69) is 9.82 Å². The molecule has 0 radical (unpaired) electrons. The van der Waals surface area contributed by atoms with Crippen molar-refractivity contribution in [3.63, 3.8) is 0 Å². The second kappa shape index (κ2) is 4.46. The van der Waals surface area contributed by atoms with Gasteiger partial charge in [-0.25, -0.2) is 13.1 Å². The van der Waals surface area contributed by atoms with E-state index in [9.17, 15) is 13.2 Å². The van der Waals surface area contributed by atoms with Crippen molar-refractivity contribution in [2.24, 2.45) is 5.92 Å². The molecule has 1 aliphatic carbocycles. The van der Waals surface area contributed by atoms with E-state index >= 15 is 0 Å². The van der Waals surface area contributed by atoms with Gasteiger partial charge in [0, 0.05) is 12.7 Å². The van der Waals surface area contributed by atoms with Crippen LogP contribution in [0.1, 0.15) is 12.8 Å². The highest BCUT2D eigenvalue weighted by molar-refractivity contribution is 7.89. The van der Waals surface area contributed by atoms with Crippen LogP contribution in [0, 0.1) is 5.92 Å². The van der Waals surface area contributed by atoms with E-state index in [1.165, 1.54) is 6.20 Å². The van der Waals surface area contributed by atoms with Crippen LogP contribution in [-0.2, 0) is 21.4 Å². The minimum atomic E-state index is -3.56. The summed E-state index contributed by atoms with van der Waals surface area (Å²) in [5.74, 6) is -0.623. The number of carboxylic acids is 1. The first-order valence-corrected chi connectivity index (χ1v) is 6.69. The molecule has 0 bridgehead atoms. The van der Waals surface area contributed by atoms with Crippen LogP contribution in [0.5, 0.6) is 0 Å². The molecule has 1 aromatic heterocycles. The second-order valence-corrected chi connectivity index (χ2v) is 5.83. The summed E-state index contributed by atoms with van der Waals surface area (Å²) in [6, 6.07) is 0. The molecule has 1 aromatic rings. The zero-order valence-electron chi connectivity index (χ0n) is 9.04. The standard InChI is InChI=1S/C9H13N3O4S/c13-9(14)6-12-5-8(4-10-12)17(15,16)11-3-7-1-2-7/h4-5,7,11H,1-3,6H2,(H,13,14). The molecule has 1 fully saturated rings. The molecule has 0 unspecified atom stereocenters. The lowest BCUT2D eigenvalue weighted by Gasteiger charge is -2.02. The lowest BCUT2D eigenvalue weighted by Crippen LogP contribution is -2.25. The number of aromatic nitrogens is 2. The summed E-state index contributed by atoms with van der Waals surface area (Å²) < 4.78 is 27.1. The van der Waals surface area contributed by atoms with E-state index in [4.69, 9.17) is 5.11 Å². The summed E-state index contributed by atoms with van der Waals surface area (Å²) in [5, 5.41) is 12.2. The van der Waals surface area contributed by atoms with Gasteiger partial charge in [0.15, 0.2) is 0 Å². The second-order valence-electron chi connectivity index (χ2n) is 4.06. The third-order valence-corrected chi connectivity index (χ3v) is 3.85. The molecule has 0 aromatic carbocycles. The molecule has 0 aliphatic heterocycles. The van der Waals surface area contributed by atoms with Crippen molar-refractivity contribution in [3.05, 3.63) is 12.4 Å². The van der Waals surface area contributed by atoms with Gasteiger partial charge in [-0.3, -0.25) is 9.48 Å². The summed E-state index contributed by atoms with van der Waals surface area (Å²) in [6.45, 7) is 0.0879. The number of hydrogen-bond acceptors (Lipinski definition) is 4. The van der Waals surface area contributed by atoms with E-state index in [0.29, 0.717) is 12.5 Å². The molecule has 0 atom stereocenters. The Morgan fingerprint density at radius 2 is 2.29 bits per heavy atom. The van der Waals surface area contributed by atoms with Crippen molar-refractivity contribution < 1.29 is 18.3 Å². The lowest BCUT2D eigenvalue weighted by atomic mass is 10.4. The van der Waals surface area contributed by atoms with Crippen molar-refractivity contribution in [1.82, 2.24) is 14.5 Å². The number of hydrogen-bond donors (Lipinski definition) is 2. The van der Waals surface area contributed by atoms with E-state index in [-0.39, 0.29) is 11.4 Å². The molecular weight excluding hydrogens is 246 g/mol. The first kappa shape index (κ1) is 12.1. The Labute approximate surface area is 98.5 Å². The predicted octanol–water partition coefficient (Wildman–Crippen LogP) is -0.344. The van der Waals surface area contributed by atoms with Crippen LogP contribution in [0.4, 0.5) is 0 Å². The molecule has 17 heavy (non-hydrogen) atoms. The Kier molecular flexibility index (Phi) is 3.16.